The molecule has 3 rings (SSSR count). The first kappa shape index (κ1) is 12.9. The molecule has 1 aliphatic heterocycles. The Hall–Kier alpha value is -2.10. The van der Waals surface area contributed by atoms with Crippen LogP contribution >= 0.6 is 0 Å². The van der Waals surface area contributed by atoms with Crippen molar-refractivity contribution in [2.45, 2.75) is 26.2 Å². The van der Waals surface area contributed by atoms with Crippen molar-refractivity contribution < 1.29 is 0 Å². The van der Waals surface area contributed by atoms with Crippen molar-refractivity contribution in [3.8, 4) is 0 Å². The molecule has 0 fully saturated rings. The maximum atomic E-state index is 11.7. The normalized spacial score (nSPS) is 14.8. The van der Waals surface area contributed by atoms with Crippen LogP contribution in [0.15, 0.2) is 35.1 Å². The number of H-pyrrole nitrogens is 1. The summed E-state index contributed by atoms with van der Waals surface area (Å²) in [5, 5.41) is 0. The predicted molar refractivity (Wildman–Crippen MR) is 80.3 cm³/mol. The Morgan fingerprint density at radius 2 is 1.85 bits per heavy atom. The molecule has 2 aromatic rings. The fourth-order valence-electron chi connectivity index (χ4n) is 2.72. The third-order valence-electron chi connectivity index (χ3n) is 3.86. The monoisotopic (exact) mass is 269 g/mol. The summed E-state index contributed by atoms with van der Waals surface area (Å²) < 4.78 is 0. The van der Waals surface area contributed by atoms with Crippen LogP contribution in [0.25, 0.3) is 0 Å². The number of hydrogen-bond donors (Lipinski definition) is 1. The van der Waals surface area contributed by atoms with Crippen LogP contribution in [0.2, 0.25) is 0 Å². The molecule has 20 heavy (non-hydrogen) atoms. The van der Waals surface area contributed by atoms with Crippen molar-refractivity contribution in [2.75, 3.05) is 18.0 Å². The number of anilines is 1. The van der Waals surface area contributed by atoms with Gasteiger partial charge >= 0.3 is 0 Å². The molecule has 0 radical (unpaired) electrons. The minimum Gasteiger partial charge on any atom is -0.356 e. The summed E-state index contributed by atoms with van der Waals surface area (Å²) in [4.78, 5) is 21.2. The molecule has 0 saturated heterocycles. The van der Waals surface area contributed by atoms with E-state index in [0.29, 0.717) is 0 Å². The van der Waals surface area contributed by atoms with E-state index in [-0.39, 0.29) is 5.56 Å². The lowest BCUT2D eigenvalue weighted by molar-refractivity contribution is 0.775. The molecule has 1 N–H and O–H groups in total. The van der Waals surface area contributed by atoms with E-state index in [4.69, 9.17) is 0 Å². The molecule has 0 atom stereocenters. The van der Waals surface area contributed by atoms with Gasteiger partial charge < -0.3 is 9.88 Å². The minimum atomic E-state index is -0.0615. The number of rotatable bonds is 2. The lowest BCUT2D eigenvalue weighted by atomic mass is 10.0. The second kappa shape index (κ2) is 5.49. The van der Waals surface area contributed by atoms with E-state index in [1.54, 1.807) is 6.07 Å². The molecule has 4 nitrogen and oxygen atoms in total. The van der Waals surface area contributed by atoms with E-state index in [2.05, 4.69) is 39.1 Å². The van der Waals surface area contributed by atoms with Crippen LogP contribution in [-0.2, 0) is 19.3 Å². The van der Waals surface area contributed by atoms with E-state index >= 15 is 0 Å². The summed E-state index contributed by atoms with van der Waals surface area (Å²) in [6.45, 7) is 3.83. The lowest BCUT2D eigenvalue weighted by Crippen LogP contribution is -2.29. The van der Waals surface area contributed by atoms with Gasteiger partial charge in [0.05, 0.1) is 0 Å². The number of aromatic nitrogens is 2. The van der Waals surface area contributed by atoms with Crippen molar-refractivity contribution in [3.63, 3.8) is 0 Å². The molecule has 104 valence electrons. The number of nitrogens with one attached hydrogen (secondary N) is 1. The minimum absolute atomic E-state index is 0.0615. The van der Waals surface area contributed by atoms with Crippen LogP contribution < -0.4 is 10.5 Å². The van der Waals surface area contributed by atoms with Crippen LogP contribution in [0.5, 0.6) is 0 Å². The first-order valence-electron chi connectivity index (χ1n) is 7.18. The Morgan fingerprint density at radius 1 is 1.20 bits per heavy atom. The van der Waals surface area contributed by atoms with Gasteiger partial charge in [-0.1, -0.05) is 31.2 Å². The number of aryl methyl sites for hydroxylation is 1. The molecule has 1 aliphatic rings. The van der Waals surface area contributed by atoms with Gasteiger partial charge in [0, 0.05) is 25.6 Å². The van der Waals surface area contributed by atoms with Crippen molar-refractivity contribution in [1.29, 1.82) is 0 Å². The Bertz CT molecular complexity index is 636. The Kier molecular flexibility index (Phi) is 3.54. The molecule has 1 aromatic heterocycles. The highest BCUT2D eigenvalue weighted by molar-refractivity contribution is 5.41. The van der Waals surface area contributed by atoms with Gasteiger partial charge in [0.25, 0.3) is 5.56 Å². The van der Waals surface area contributed by atoms with Gasteiger partial charge in [-0.15, -0.1) is 0 Å². The molecule has 0 aliphatic carbocycles. The quantitative estimate of drug-likeness (QED) is 0.906. The second-order valence-corrected chi connectivity index (χ2v) is 5.16. The summed E-state index contributed by atoms with van der Waals surface area (Å²) >= 11 is 0. The molecule has 0 bridgehead atoms. The summed E-state index contributed by atoms with van der Waals surface area (Å²) in [5.74, 6) is 1.56. The summed E-state index contributed by atoms with van der Waals surface area (Å²) in [7, 11) is 0. The molecule has 1 aromatic carbocycles. The third-order valence-corrected chi connectivity index (χ3v) is 3.86. The fourth-order valence-corrected chi connectivity index (χ4v) is 2.72. The van der Waals surface area contributed by atoms with Gasteiger partial charge in [-0.25, -0.2) is 4.98 Å². The van der Waals surface area contributed by atoms with Crippen LogP contribution in [0.4, 0.5) is 5.82 Å². The Morgan fingerprint density at radius 3 is 2.45 bits per heavy atom. The standard InChI is InChI=1S/C16H19N3O/c1-2-14-17-15(11-16(20)18-14)19-9-7-12-5-3-4-6-13(12)8-10-19/h3-6,11H,2,7-10H2,1H3,(H,17,18,20). The first-order chi connectivity index (χ1) is 9.76. The van der Waals surface area contributed by atoms with Crippen LogP contribution in [0.1, 0.15) is 23.9 Å². The smallest absolute Gasteiger partial charge is 0.252 e. The van der Waals surface area contributed by atoms with E-state index in [1.165, 1.54) is 11.1 Å². The van der Waals surface area contributed by atoms with Crippen LogP contribution in [0, 0.1) is 0 Å². The largest absolute Gasteiger partial charge is 0.356 e. The SMILES string of the molecule is CCc1nc(N2CCc3ccccc3CC2)cc(=O)[nH]1. The zero-order valence-corrected chi connectivity index (χ0v) is 11.7. The summed E-state index contributed by atoms with van der Waals surface area (Å²) in [6, 6.07) is 10.2. The molecule has 0 saturated carbocycles. The number of nitrogens with zero attached hydrogens (tertiary/aromatic N) is 2. The van der Waals surface area contributed by atoms with E-state index in [1.807, 2.05) is 6.92 Å². The number of fused-ring (bicyclic) bond motifs is 1. The highest BCUT2D eigenvalue weighted by atomic mass is 16.1. The van der Waals surface area contributed by atoms with Crippen molar-refractivity contribution in [2.24, 2.45) is 0 Å². The van der Waals surface area contributed by atoms with E-state index in [9.17, 15) is 4.79 Å². The molecular weight excluding hydrogens is 250 g/mol. The maximum absolute atomic E-state index is 11.7. The van der Waals surface area contributed by atoms with Crippen LogP contribution in [-0.4, -0.2) is 23.1 Å². The highest BCUT2D eigenvalue weighted by Crippen LogP contribution is 2.18. The number of benzene rings is 1. The summed E-state index contributed by atoms with van der Waals surface area (Å²) in [6.07, 6.45) is 2.76. The van der Waals surface area contributed by atoms with E-state index in [0.717, 1.165) is 44.0 Å². The van der Waals surface area contributed by atoms with Crippen molar-refractivity contribution >= 4 is 5.82 Å². The van der Waals surface area contributed by atoms with Gasteiger partial charge in [0.15, 0.2) is 0 Å². The zero-order valence-electron chi connectivity index (χ0n) is 11.7. The molecule has 0 amide bonds. The predicted octanol–water partition coefficient (Wildman–Crippen LogP) is 1.94. The second-order valence-electron chi connectivity index (χ2n) is 5.16. The topological polar surface area (TPSA) is 49.0 Å². The third kappa shape index (κ3) is 2.59. The van der Waals surface area contributed by atoms with Gasteiger partial charge in [0.2, 0.25) is 0 Å². The van der Waals surface area contributed by atoms with Crippen LogP contribution in [0.3, 0.4) is 0 Å². The average Bonchev–Trinajstić information content (AvgIpc) is 2.69. The molecule has 4 heteroatoms. The van der Waals surface area contributed by atoms with Crippen molar-refractivity contribution in [3.05, 3.63) is 57.6 Å². The van der Waals surface area contributed by atoms with Crippen molar-refractivity contribution in [1.82, 2.24) is 9.97 Å². The lowest BCUT2D eigenvalue weighted by Gasteiger charge is -2.21. The Labute approximate surface area is 118 Å². The molecule has 2 heterocycles. The van der Waals surface area contributed by atoms with E-state index < -0.39 is 0 Å². The maximum Gasteiger partial charge on any atom is 0.252 e. The van der Waals surface area contributed by atoms with Gasteiger partial charge in [-0.3, -0.25) is 4.79 Å². The number of aromatic amines is 1. The van der Waals surface area contributed by atoms with Gasteiger partial charge in [0.1, 0.15) is 11.6 Å². The summed E-state index contributed by atoms with van der Waals surface area (Å²) in [5.41, 5.74) is 2.76. The fraction of sp³-hybridized carbons (Fsp3) is 0.375. The zero-order chi connectivity index (χ0) is 13.9. The molecular formula is C16H19N3O. The molecule has 0 spiro atoms. The van der Waals surface area contributed by atoms with Gasteiger partial charge in [-0.2, -0.15) is 0 Å². The first-order valence-corrected chi connectivity index (χ1v) is 7.18. The average molecular weight is 269 g/mol. The molecule has 0 unspecified atom stereocenters. The Balaban J connectivity index is 1.87. The van der Waals surface area contributed by atoms with Gasteiger partial charge in [-0.05, 0) is 24.0 Å². The number of hydrogen-bond acceptors (Lipinski definition) is 3. The highest BCUT2D eigenvalue weighted by Gasteiger charge is 2.15.